The maximum Gasteiger partial charge on any atom is 0.232 e. The van der Waals surface area contributed by atoms with Gasteiger partial charge in [-0.1, -0.05) is 30.7 Å². The summed E-state index contributed by atoms with van der Waals surface area (Å²) >= 11 is 6.03. The van der Waals surface area contributed by atoms with Gasteiger partial charge in [-0.05, 0) is 42.3 Å². The molecule has 0 saturated heterocycles. The fourth-order valence-electron chi connectivity index (χ4n) is 3.46. The van der Waals surface area contributed by atoms with Gasteiger partial charge in [-0.25, -0.2) is 27.2 Å². The number of rotatable bonds is 8. The Hall–Kier alpha value is -3.37. The molecule has 2 aromatic heterocycles. The molecule has 0 amide bonds. The highest BCUT2D eigenvalue weighted by Gasteiger charge is 2.23. The molecule has 4 rings (SSSR count). The van der Waals surface area contributed by atoms with Gasteiger partial charge in [-0.3, -0.25) is 9.52 Å². The molecule has 0 aliphatic carbocycles. The molecule has 0 bridgehead atoms. The van der Waals surface area contributed by atoms with Crippen LogP contribution in [0.3, 0.4) is 0 Å². The number of hydrogen-bond acceptors (Lipinski definition) is 5. The van der Waals surface area contributed by atoms with Crippen LogP contribution in [0.1, 0.15) is 29.3 Å². The molecule has 0 atom stereocenters. The normalized spacial score (nSPS) is 11.6. The molecule has 34 heavy (non-hydrogen) atoms. The number of carbonyl (C=O) groups excluding carboxylic acids is 1. The van der Waals surface area contributed by atoms with Crippen molar-refractivity contribution in [3.63, 3.8) is 0 Å². The first-order chi connectivity index (χ1) is 16.2. The van der Waals surface area contributed by atoms with Crippen molar-refractivity contribution in [2.24, 2.45) is 0 Å². The number of H-pyrrole nitrogens is 1. The lowest BCUT2D eigenvalue weighted by atomic mass is 10.0. The van der Waals surface area contributed by atoms with E-state index in [2.05, 4.69) is 19.7 Å². The second kappa shape index (κ2) is 9.47. The number of carbonyl (C=O) groups is 1. The number of aromatic amines is 1. The minimum Gasteiger partial charge on any atom is -0.337 e. The number of aromatic nitrogens is 3. The van der Waals surface area contributed by atoms with Crippen LogP contribution in [-0.2, 0) is 16.4 Å². The number of fused-ring (bicyclic) bond motifs is 1. The van der Waals surface area contributed by atoms with E-state index >= 15 is 0 Å². The van der Waals surface area contributed by atoms with Gasteiger partial charge in [0.15, 0.2) is 17.2 Å². The van der Waals surface area contributed by atoms with Crippen LogP contribution >= 0.6 is 11.6 Å². The zero-order chi connectivity index (χ0) is 24.5. The predicted octanol–water partition coefficient (Wildman–Crippen LogP) is 5.13. The zero-order valence-electron chi connectivity index (χ0n) is 17.9. The van der Waals surface area contributed by atoms with Gasteiger partial charge in [0.1, 0.15) is 11.6 Å². The Kier molecular flexibility index (Phi) is 6.63. The highest BCUT2D eigenvalue weighted by molar-refractivity contribution is 7.92. The molecule has 176 valence electrons. The quantitative estimate of drug-likeness (QED) is 0.323. The smallest absolute Gasteiger partial charge is 0.232 e. The van der Waals surface area contributed by atoms with Gasteiger partial charge in [-0.15, -0.1) is 0 Å². The van der Waals surface area contributed by atoms with Crippen molar-refractivity contribution in [2.45, 2.75) is 19.8 Å². The van der Waals surface area contributed by atoms with Crippen molar-refractivity contribution in [2.75, 3.05) is 10.5 Å². The number of benzene rings is 2. The minimum absolute atomic E-state index is 0.236. The first-order valence-corrected chi connectivity index (χ1v) is 12.3. The summed E-state index contributed by atoms with van der Waals surface area (Å²) in [6.07, 6.45) is 1.35. The van der Waals surface area contributed by atoms with Crippen molar-refractivity contribution < 1.29 is 22.0 Å². The van der Waals surface area contributed by atoms with Crippen LogP contribution in [0.25, 0.3) is 22.6 Å². The second-order valence-electron chi connectivity index (χ2n) is 7.62. The Labute approximate surface area is 199 Å². The van der Waals surface area contributed by atoms with Gasteiger partial charge < -0.3 is 4.98 Å². The molecule has 0 aliphatic heterocycles. The summed E-state index contributed by atoms with van der Waals surface area (Å²) < 4.78 is 55.3. The van der Waals surface area contributed by atoms with Gasteiger partial charge in [0.05, 0.1) is 22.5 Å². The first kappa shape index (κ1) is 23.8. The van der Waals surface area contributed by atoms with E-state index in [0.29, 0.717) is 34.0 Å². The lowest BCUT2D eigenvalue weighted by Gasteiger charge is -2.11. The summed E-state index contributed by atoms with van der Waals surface area (Å²) in [5.74, 6) is -2.91. The molecule has 4 aromatic rings. The van der Waals surface area contributed by atoms with Crippen molar-refractivity contribution >= 4 is 44.3 Å². The minimum atomic E-state index is -3.82. The van der Waals surface area contributed by atoms with Crippen LogP contribution in [0.15, 0.2) is 48.7 Å². The van der Waals surface area contributed by atoms with E-state index in [-0.39, 0.29) is 12.2 Å². The molecule has 0 fully saturated rings. The van der Waals surface area contributed by atoms with Gasteiger partial charge in [0.25, 0.3) is 0 Å². The maximum atomic E-state index is 14.9. The van der Waals surface area contributed by atoms with E-state index < -0.39 is 38.7 Å². The van der Waals surface area contributed by atoms with Gasteiger partial charge in [0, 0.05) is 23.2 Å². The molecule has 0 aliphatic rings. The maximum absolute atomic E-state index is 14.9. The number of halogens is 3. The highest BCUT2D eigenvalue weighted by atomic mass is 35.5. The van der Waals surface area contributed by atoms with Crippen LogP contribution in [0.2, 0.25) is 5.02 Å². The van der Waals surface area contributed by atoms with Crippen molar-refractivity contribution in [3.8, 4) is 11.4 Å². The van der Waals surface area contributed by atoms with Crippen molar-refractivity contribution in [1.82, 2.24) is 15.0 Å². The highest BCUT2D eigenvalue weighted by Crippen LogP contribution is 2.26. The summed E-state index contributed by atoms with van der Waals surface area (Å²) in [6, 6.07) is 10.5. The summed E-state index contributed by atoms with van der Waals surface area (Å²) in [5.41, 5.74) is 0.773. The topological polar surface area (TPSA) is 105 Å². The Balaban J connectivity index is 1.61. The average molecular weight is 505 g/mol. The molecule has 2 N–H and O–H groups in total. The number of hydrogen-bond donors (Lipinski definition) is 2. The molecular weight excluding hydrogens is 486 g/mol. The van der Waals surface area contributed by atoms with Gasteiger partial charge in [-0.2, -0.15) is 0 Å². The van der Waals surface area contributed by atoms with Crippen LogP contribution in [-0.4, -0.2) is 34.9 Å². The molecular formula is C23H19ClF2N4O3S. The number of Topliss-reactive ketones (excluding diaryl/α,β-unsaturated/α-hetero) is 1. The van der Waals surface area contributed by atoms with Crippen LogP contribution < -0.4 is 4.72 Å². The van der Waals surface area contributed by atoms with Gasteiger partial charge >= 0.3 is 0 Å². The molecule has 11 heteroatoms. The van der Waals surface area contributed by atoms with E-state index in [4.69, 9.17) is 11.6 Å². The van der Waals surface area contributed by atoms with E-state index in [0.717, 1.165) is 17.7 Å². The summed E-state index contributed by atoms with van der Waals surface area (Å²) in [4.78, 5) is 24.5. The third-order valence-electron chi connectivity index (χ3n) is 4.97. The van der Waals surface area contributed by atoms with E-state index in [1.165, 1.54) is 6.20 Å². The van der Waals surface area contributed by atoms with Crippen LogP contribution in [0.4, 0.5) is 14.5 Å². The van der Waals surface area contributed by atoms with E-state index in [9.17, 15) is 22.0 Å². The van der Waals surface area contributed by atoms with Crippen molar-refractivity contribution in [3.05, 3.63) is 76.4 Å². The summed E-state index contributed by atoms with van der Waals surface area (Å²) in [7, 11) is -3.82. The van der Waals surface area contributed by atoms with E-state index in [1.807, 2.05) is 6.07 Å². The predicted molar refractivity (Wildman–Crippen MR) is 126 cm³/mol. The Morgan fingerprint density at radius 1 is 1.18 bits per heavy atom. The van der Waals surface area contributed by atoms with Crippen LogP contribution in [0, 0.1) is 11.6 Å². The first-order valence-electron chi connectivity index (χ1n) is 10.3. The molecule has 0 spiro atoms. The number of nitrogens with one attached hydrogen (secondary N) is 2. The fraction of sp³-hybridized carbons (Fsp3) is 0.174. The van der Waals surface area contributed by atoms with Gasteiger partial charge in [0.2, 0.25) is 10.0 Å². The molecule has 2 heterocycles. The Bertz CT molecular complexity index is 1510. The third-order valence-corrected chi connectivity index (χ3v) is 6.68. The van der Waals surface area contributed by atoms with Crippen LogP contribution in [0.5, 0.6) is 0 Å². The lowest BCUT2D eigenvalue weighted by Crippen LogP contribution is -2.19. The SMILES string of the molecule is CCCS(=O)(=O)Nc1ccc(F)c(C(=O)Cc2cnc3nc(-c4cccc(Cl)c4)[nH]c3c2)c1F. The number of nitrogens with zero attached hydrogens (tertiary/aromatic N) is 2. The van der Waals surface area contributed by atoms with E-state index in [1.54, 1.807) is 31.2 Å². The standard InChI is InChI=1S/C23H19ClF2N4O3S/c1-2-8-34(32,33)30-17-7-6-16(25)20(21(17)26)19(31)10-13-9-18-23(27-12-13)29-22(28-18)14-4-3-5-15(24)11-14/h3-7,9,11-12,30H,2,8,10H2,1H3,(H,27,28,29). The molecule has 0 saturated carbocycles. The monoisotopic (exact) mass is 504 g/mol. The Morgan fingerprint density at radius 2 is 1.97 bits per heavy atom. The largest absolute Gasteiger partial charge is 0.337 e. The number of anilines is 1. The zero-order valence-corrected chi connectivity index (χ0v) is 19.5. The molecule has 7 nitrogen and oxygen atoms in total. The lowest BCUT2D eigenvalue weighted by molar-refractivity contribution is 0.0985. The average Bonchev–Trinajstić information content (AvgIpc) is 3.19. The number of imidazole rings is 1. The third kappa shape index (κ3) is 5.07. The van der Waals surface area contributed by atoms with Crippen molar-refractivity contribution in [1.29, 1.82) is 0 Å². The fourth-order valence-corrected chi connectivity index (χ4v) is 4.78. The Morgan fingerprint density at radius 3 is 2.71 bits per heavy atom. The number of pyridine rings is 1. The second-order valence-corrected chi connectivity index (χ2v) is 9.89. The summed E-state index contributed by atoms with van der Waals surface area (Å²) in [5, 5.41) is 0.542. The number of sulfonamides is 1. The molecule has 0 radical (unpaired) electrons. The molecule has 2 aromatic carbocycles. The summed E-state index contributed by atoms with van der Waals surface area (Å²) in [6.45, 7) is 1.65. The number of ketones is 1. The molecule has 0 unspecified atom stereocenters.